The van der Waals surface area contributed by atoms with E-state index < -0.39 is 0 Å². The van der Waals surface area contributed by atoms with Crippen LogP contribution in [0.1, 0.15) is 12.5 Å². The number of aromatic nitrogens is 1. The standard InChI is InChI=1S/C13H14N2O/c1-3-12-8-11(5-7-15(12)2)10-4-6-14-13(16)9-10/h3-9H,1-2H3,(H,14,16). The van der Waals surface area contributed by atoms with Gasteiger partial charge in [-0.1, -0.05) is 6.08 Å². The van der Waals surface area contributed by atoms with Crippen molar-refractivity contribution in [2.75, 3.05) is 7.05 Å². The Labute approximate surface area is 94.4 Å². The predicted molar refractivity (Wildman–Crippen MR) is 65.7 cm³/mol. The number of likely N-dealkylation sites (N-methyl/N-ethyl adjacent to an activating group) is 1. The van der Waals surface area contributed by atoms with Crippen LogP contribution in [0.5, 0.6) is 0 Å². The van der Waals surface area contributed by atoms with Gasteiger partial charge in [-0.05, 0) is 36.3 Å². The third-order valence-corrected chi connectivity index (χ3v) is 2.59. The highest BCUT2D eigenvalue weighted by molar-refractivity contribution is 5.76. The normalized spacial score (nSPS) is 17.8. The first-order chi connectivity index (χ1) is 7.70. The number of H-pyrrole nitrogens is 1. The van der Waals surface area contributed by atoms with Crippen LogP contribution in [0, 0.1) is 0 Å². The summed E-state index contributed by atoms with van der Waals surface area (Å²) in [6.07, 6.45) is 9.76. The fraction of sp³-hybridized carbons (Fsp3) is 0.154. The molecule has 0 unspecified atom stereocenters. The summed E-state index contributed by atoms with van der Waals surface area (Å²) in [7, 11) is 2.00. The molecule has 1 aromatic rings. The quantitative estimate of drug-likeness (QED) is 0.777. The van der Waals surface area contributed by atoms with Gasteiger partial charge in [0.15, 0.2) is 0 Å². The molecule has 3 nitrogen and oxygen atoms in total. The second-order valence-corrected chi connectivity index (χ2v) is 3.68. The number of nitrogens with one attached hydrogen (secondary N) is 1. The van der Waals surface area contributed by atoms with Gasteiger partial charge in [0.05, 0.1) is 0 Å². The molecular weight excluding hydrogens is 200 g/mol. The van der Waals surface area contributed by atoms with Crippen LogP contribution in [0.15, 0.2) is 53.2 Å². The summed E-state index contributed by atoms with van der Waals surface area (Å²) in [6.45, 7) is 2.00. The van der Waals surface area contributed by atoms with Crippen LogP contribution in [0.2, 0.25) is 0 Å². The maximum Gasteiger partial charge on any atom is 0.248 e. The topological polar surface area (TPSA) is 36.1 Å². The summed E-state index contributed by atoms with van der Waals surface area (Å²) < 4.78 is 0. The average molecular weight is 214 g/mol. The van der Waals surface area contributed by atoms with Gasteiger partial charge in [-0.2, -0.15) is 0 Å². The van der Waals surface area contributed by atoms with Crippen molar-refractivity contribution in [1.82, 2.24) is 9.88 Å². The minimum Gasteiger partial charge on any atom is -0.351 e. The van der Waals surface area contributed by atoms with Crippen molar-refractivity contribution >= 4 is 5.57 Å². The van der Waals surface area contributed by atoms with Crippen molar-refractivity contribution in [2.24, 2.45) is 0 Å². The van der Waals surface area contributed by atoms with Gasteiger partial charge < -0.3 is 9.88 Å². The Morgan fingerprint density at radius 1 is 1.44 bits per heavy atom. The van der Waals surface area contributed by atoms with Gasteiger partial charge in [-0.3, -0.25) is 4.79 Å². The number of rotatable bonds is 1. The number of hydrogen-bond donors (Lipinski definition) is 1. The van der Waals surface area contributed by atoms with Gasteiger partial charge in [0.2, 0.25) is 5.56 Å². The van der Waals surface area contributed by atoms with Crippen LogP contribution in [-0.2, 0) is 0 Å². The maximum absolute atomic E-state index is 11.2. The van der Waals surface area contributed by atoms with E-state index in [9.17, 15) is 4.79 Å². The van der Waals surface area contributed by atoms with Crippen LogP contribution in [0.25, 0.3) is 5.57 Å². The number of allylic oxidation sites excluding steroid dienone is 4. The SMILES string of the molecule is CC=C1C=C(c2cc[nH]c(=O)c2)C=CN1C. The smallest absolute Gasteiger partial charge is 0.248 e. The van der Waals surface area contributed by atoms with E-state index >= 15 is 0 Å². The summed E-state index contributed by atoms with van der Waals surface area (Å²) in [4.78, 5) is 15.9. The molecule has 0 atom stereocenters. The van der Waals surface area contributed by atoms with Crippen molar-refractivity contribution in [2.45, 2.75) is 6.92 Å². The zero-order chi connectivity index (χ0) is 11.5. The molecule has 16 heavy (non-hydrogen) atoms. The Morgan fingerprint density at radius 3 is 2.94 bits per heavy atom. The first kappa shape index (κ1) is 10.5. The lowest BCUT2D eigenvalue weighted by Gasteiger charge is -2.20. The monoisotopic (exact) mass is 214 g/mol. The van der Waals surface area contributed by atoms with Crippen molar-refractivity contribution < 1.29 is 0 Å². The van der Waals surface area contributed by atoms with Crippen molar-refractivity contribution in [3.8, 4) is 0 Å². The number of hydrogen-bond acceptors (Lipinski definition) is 2. The summed E-state index contributed by atoms with van der Waals surface area (Å²) in [5.41, 5.74) is 3.04. The molecule has 0 saturated heterocycles. The Hall–Kier alpha value is -2.03. The summed E-state index contributed by atoms with van der Waals surface area (Å²) >= 11 is 0. The zero-order valence-corrected chi connectivity index (χ0v) is 9.40. The third kappa shape index (κ3) is 1.98. The summed E-state index contributed by atoms with van der Waals surface area (Å²) in [5, 5.41) is 0. The first-order valence-electron chi connectivity index (χ1n) is 5.19. The second-order valence-electron chi connectivity index (χ2n) is 3.68. The highest BCUT2D eigenvalue weighted by Gasteiger charge is 2.07. The fourth-order valence-electron chi connectivity index (χ4n) is 1.68. The minimum absolute atomic E-state index is 0.0762. The molecule has 0 bridgehead atoms. The van der Waals surface area contributed by atoms with E-state index in [0.717, 1.165) is 16.8 Å². The molecule has 0 amide bonds. The molecule has 0 saturated carbocycles. The largest absolute Gasteiger partial charge is 0.351 e. The van der Waals surface area contributed by atoms with E-state index in [-0.39, 0.29) is 5.56 Å². The molecule has 1 N–H and O–H groups in total. The molecule has 0 radical (unpaired) electrons. The lowest BCUT2D eigenvalue weighted by Crippen LogP contribution is -2.12. The van der Waals surface area contributed by atoms with E-state index in [1.807, 2.05) is 43.3 Å². The lowest BCUT2D eigenvalue weighted by atomic mass is 10.0. The molecule has 0 aromatic carbocycles. The average Bonchev–Trinajstić information content (AvgIpc) is 2.29. The summed E-state index contributed by atoms with van der Waals surface area (Å²) in [6, 6.07) is 3.50. The van der Waals surface area contributed by atoms with Gasteiger partial charge in [0.25, 0.3) is 0 Å². The second kappa shape index (κ2) is 4.23. The number of aromatic amines is 1. The number of pyridine rings is 1. The summed E-state index contributed by atoms with van der Waals surface area (Å²) in [5.74, 6) is 0. The van der Waals surface area contributed by atoms with Gasteiger partial charge >= 0.3 is 0 Å². The van der Waals surface area contributed by atoms with Crippen LogP contribution in [-0.4, -0.2) is 16.9 Å². The van der Waals surface area contributed by atoms with Crippen LogP contribution < -0.4 is 5.56 Å². The van der Waals surface area contributed by atoms with E-state index in [1.54, 1.807) is 12.3 Å². The Bertz CT molecular complexity index is 535. The molecule has 3 heteroatoms. The fourth-order valence-corrected chi connectivity index (χ4v) is 1.68. The minimum atomic E-state index is -0.0762. The Morgan fingerprint density at radius 2 is 2.25 bits per heavy atom. The first-order valence-corrected chi connectivity index (χ1v) is 5.19. The molecule has 2 heterocycles. The molecule has 1 aliphatic rings. The molecule has 0 spiro atoms. The van der Waals surface area contributed by atoms with E-state index in [4.69, 9.17) is 0 Å². The molecule has 82 valence electrons. The van der Waals surface area contributed by atoms with Gasteiger partial charge in [-0.25, -0.2) is 0 Å². The van der Waals surface area contributed by atoms with Crippen molar-refractivity contribution in [1.29, 1.82) is 0 Å². The van der Waals surface area contributed by atoms with Crippen LogP contribution in [0.3, 0.4) is 0 Å². The van der Waals surface area contributed by atoms with Gasteiger partial charge in [-0.15, -0.1) is 0 Å². The molecule has 2 rings (SSSR count). The third-order valence-electron chi connectivity index (χ3n) is 2.59. The zero-order valence-electron chi connectivity index (χ0n) is 9.40. The van der Waals surface area contributed by atoms with Crippen molar-refractivity contribution in [3.63, 3.8) is 0 Å². The molecule has 1 aromatic heterocycles. The molecule has 0 aliphatic carbocycles. The van der Waals surface area contributed by atoms with E-state index in [1.165, 1.54) is 0 Å². The van der Waals surface area contributed by atoms with Crippen LogP contribution in [0.4, 0.5) is 0 Å². The highest BCUT2D eigenvalue weighted by atomic mass is 16.1. The maximum atomic E-state index is 11.2. The molecule has 0 fully saturated rings. The Kier molecular flexibility index (Phi) is 2.77. The lowest BCUT2D eigenvalue weighted by molar-refractivity contribution is 0.584. The van der Waals surface area contributed by atoms with Crippen molar-refractivity contribution in [3.05, 3.63) is 64.4 Å². The predicted octanol–water partition coefficient (Wildman–Crippen LogP) is 2.12. The van der Waals surface area contributed by atoms with Gasteiger partial charge in [0.1, 0.15) is 0 Å². The number of nitrogens with zero attached hydrogens (tertiary/aromatic N) is 1. The van der Waals surface area contributed by atoms with Gasteiger partial charge in [0, 0.05) is 31.2 Å². The van der Waals surface area contributed by atoms with Crippen LogP contribution >= 0.6 is 0 Å². The Balaban J connectivity index is 2.43. The molecule has 1 aliphatic heterocycles. The van der Waals surface area contributed by atoms with E-state index in [0.29, 0.717) is 0 Å². The highest BCUT2D eigenvalue weighted by Crippen LogP contribution is 2.22. The van der Waals surface area contributed by atoms with E-state index in [2.05, 4.69) is 11.1 Å². The molecular formula is C13H14N2O.